The molecular weight excluding hydrogens is 371 g/mol. The Morgan fingerprint density at radius 2 is 2.07 bits per heavy atom. The Morgan fingerprint density at radius 1 is 1.30 bits per heavy atom. The molecule has 0 spiro atoms. The Hall–Kier alpha value is -3.14. The normalized spacial score (nSPS) is 16.0. The number of aryl methyl sites for hydroxylation is 1. The second-order valence-corrected chi connectivity index (χ2v) is 7.23. The number of aromatic nitrogens is 3. The van der Waals surface area contributed by atoms with Crippen molar-refractivity contribution in [3.8, 4) is 10.6 Å². The molecule has 4 rings (SSSR count). The standard InChI is InChI=1S/C17H15FN6O2S/c18-10-6-4-9(5-7-10)16-22-14-11(2-1-3-13(14)27-16)21-17-20-8-12(24(25)26)15(19)23-17/h4-8,11H,1-3H2,(H3,19,20,21,23). The molecule has 1 aliphatic rings. The van der Waals surface area contributed by atoms with Gasteiger partial charge in [0.1, 0.15) is 17.0 Å². The van der Waals surface area contributed by atoms with Crippen LogP contribution in [0.3, 0.4) is 0 Å². The molecule has 0 amide bonds. The van der Waals surface area contributed by atoms with Crippen LogP contribution < -0.4 is 11.1 Å². The van der Waals surface area contributed by atoms with Crippen LogP contribution in [-0.4, -0.2) is 19.9 Å². The molecule has 0 saturated carbocycles. The van der Waals surface area contributed by atoms with Crippen molar-refractivity contribution in [2.45, 2.75) is 25.3 Å². The summed E-state index contributed by atoms with van der Waals surface area (Å²) in [5, 5.41) is 14.8. The lowest BCUT2D eigenvalue weighted by molar-refractivity contribution is -0.384. The van der Waals surface area contributed by atoms with E-state index in [-0.39, 0.29) is 29.3 Å². The minimum atomic E-state index is -0.618. The van der Waals surface area contributed by atoms with Crippen molar-refractivity contribution in [3.63, 3.8) is 0 Å². The van der Waals surface area contributed by atoms with Crippen LogP contribution in [0.2, 0.25) is 0 Å². The van der Waals surface area contributed by atoms with Crippen molar-refractivity contribution < 1.29 is 9.31 Å². The van der Waals surface area contributed by atoms with Gasteiger partial charge in [0.25, 0.3) is 0 Å². The van der Waals surface area contributed by atoms with E-state index in [1.165, 1.54) is 12.1 Å². The number of nitro groups is 1. The van der Waals surface area contributed by atoms with Crippen LogP contribution in [0.25, 0.3) is 10.6 Å². The fourth-order valence-corrected chi connectivity index (χ4v) is 4.20. The summed E-state index contributed by atoms with van der Waals surface area (Å²) in [6, 6.07) is 6.14. The number of nitrogens with one attached hydrogen (secondary N) is 1. The first kappa shape index (κ1) is 17.3. The fraction of sp³-hybridized carbons (Fsp3) is 0.235. The molecule has 0 bridgehead atoms. The number of anilines is 2. The summed E-state index contributed by atoms with van der Waals surface area (Å²) < 4.78 is 13.2. The van der Waals surface area contributed by atoms with Gasteiger partial charge < -0.3 is 11.1 Å². The Balaban J connectivity index is 1.61. The van der Waals surface area contributed by atoms with Crippen LogP contribution in [0, 0.1) is 15.9 Å². The van der Waals surface area contributed by atoms with Gasteiger partial charge in [0.15, 0.2) is 0 Å². The van der Waals surface area contributed by atoms with Crippen LogP contribution >= 0.6 is 11.3 Å². The molecule has 0 fully saturated rings. The first-order valence-electron chi connectivity index (χ1n) is 8.30. The second kappa shape index (κ2) is 6.88. The van der Waals surface area contributed by atoms with E-state index in [0.717, 1.165) is 46.6 Å². The molecular formula is C17H15FN6O2S. The number of thiazole rings is 1. The van der Waals surface area contributed by atoms with E-state index in [1.54, 1.807) is 23.5 Å². The zero-order valence-corrected chi connectivity index (χ0v) is 14.9. The van der Waals surface area contributed by atoms with E-state index in [4.69, 9.17) is 10.7 Å². The number of halogens is 1. The molecule has 2 aromatic heterocycles. The van der Waals surface area contributed by atoms with Gasteiger partial charge in [-0.3, -0.25) is 10.1 Å². The monoisotopic (exact) mass is 386 g/mol. The quantitative estimate of drug-likeness (QED) is 0.518. The minimum Gasteiger partial charge on any atom is -0.378 e. The summed E-state index contributed by atoms with van der Waals surface area (Å²) in [4.78, 5) is 24.1. The lowest BCUT2D eigenvalue weighted by atomic mass is 9.98. The van der Waals surface area contributed by atoms with Gasteiger partial charge in [0.2, 0.25) is 11.8 Å². The van der Waals surface area contributed by atoms with Crippen molar-refractivity contribution in [3.05, 3.63) is 57.0 Å². The third-order valence-electron chi connectivity index (χ3n) is 4.34. The highest BCUT2D eigenvalue weighted by atomic mass is 32.1. The largest absolute Gasteiger partial charge is 0.378 e. The zero-order valence-electron chi connectivity index (χ0n) is 14.1. The van der Waals surface area contributed by atoms with E-state index >= 15 is 0 Å². The van der Waals surface area contributed by atoms with Crippen LogP contribution in [0.1, 0.15) is 29.5 Å². The van der Waals surface area contributed by atoms with Crippen molar-refractivity contribution >= 4 is 28.8 Å². The summed E-state index contributed by atoms with van der Waals surface area (Å²) >= 11 is 1.59. The first-order chi connectivity index (χ1) is 13.0. The number of rotatable bonds is 4. The Bertz CT molecular complexity index is 1010. The summed E-state index contributed by atoms with van der Waals surface area (Å²) in [5.41, 5.74) is 7.09. The molecule has 1 aliphatic carbocycles. The molecule has 2 heterocycles. The van der Waals surface area contributed by atoms with Crippen molar-refractivity contribution in [1.29, 1.82) is 0 Å². The van der Waals surface area contributed by atoms with Crippen LogP contribution in [0.5, 0.6) is 0 Å². The maximum Gasteiger partial charge on any atom is 0.329 e. The van der Waals surface area contributed by atoms with Crippen LogP contribution in [0.4, 0.5) is 21.8 Å². The van der Waals surface area contributed by atoms with Gasteiger partial charge in [0.05, 0.1) is 16.7 Å². The summed E-state index contributed by atoms with van der Waals surface area (Å²) in [6.45, 7) is 0. The van der Waals surface area contributed by atoms with Gasteiger partial charge in [-0.15, -0.1) is 11.3 Å². The van der Waals surface area contributed by atoms with Crippen molar-refractivity contribution in [1.82, 2.24) is 15.0 Å². The number of nitrogens with two attached hydrogens (primary N) is 1. The number of nitrogens with zero attached hydrogens (tertiary/aromatic N) is 4. The van der Waals surface area contributed by atoms with Crippen LogP contribution in [0.15, 0.2) is 30.5 Å². The summed E-state index contributed by atoms with van der Waals surface area (Å²) in [6.07, 6.45) is 3.83. The Kier molecular flexibility index (Phi) is 4.40. The molecule has 1 atom stereocenters. The minimum absolute atomic E-state index is 0.111. The van der Waals surface area contributed by atoms with Gasteiger partial charge in [-0.1, -0.05) is 0 Å². The molecule has 8 nitrogen and oxygen atoms in total. The maximum absolute atomic E-state index is 13.2. The number of fused-ring (bicyclic) bond motifs is 1. The van der Waals surface area contributed by atoms with Gasteiger partial charge in [-0.2, -0.15) is 4.98 Å². The fourth-order valence-electron chi connectivity index (χ4n) is 3.03. The molecule has 138 valence electrons. The molecule has 1 aromatic carbocycles. The summed E-state index contributed by atoms with van der Waals surface area (Å²) in [7, 11) is 0. The predicted molar refractivity (Wildman–Crippen MR) is 99.9 cm³/mol. The van der Waals surface area contributed by atoms with Gasteiger partial charge in [-0.05, 0) is 43.5 Å². The molecule has 3 N–H and O–H groups in total. The molecule has 0 radical (unpaired) electrons. The predicted octanol–water partition coefficient (Wildman–Crippen LogP) is 3.72. The van der Waals surface area contributed by atoms with E-state index in [2.05, 4.69) is 15.3 Å². The summed E-state index contributed by atoms with van der Waals surface area (Å²) in [5.74, 6) is -0.237. The third kappa shape index (κ3) is 3.43. The molecule has 10 heteroatoms. The van der Waals surface area contributed by atoms with Crippen molar-refractivity contribution in [2.75, 3.05) is 11.1 Å². The van der Waals surface area contributed by atoms with Gasteiger partial charge in [0, 0.05) is 10.4 Å². The molecule has 1 unspecified atom stereocenters. The maximum atomic E-state index is 13.2. The highest BCUT2D eigenvalue weighted by Crippen LogP contribution is 2.38. The number of hydrogen-bond acceptors (Lipinski definition) is 8. The Labute approximate surface area is 157 Å². The number of benzene rings is 1. The van der Waals surface area contributed by atoms with Crippen LogP contribution in [-0.2, 0) is 6.42 Å². The topological polar surface area (TPSA) is 120 Å². The van der Waals surface area contributed by atoms with Gasteiger partial charge in [-0.25, -0.2) is 14.4 Å². The highest BCUT2D eigenvalue weighted by Gasteiger charge is 2.26. The molecule has 27 heavy (non-hydrogen) atoms. The molecule has 0 aliphatic heterocycles. The number of hydrogen-bond donors (Lipinski definition) is 2. The molecule has 3 aromatic rings. The smallest absolute Gasteiger partial charge is 0.329 e. The average Bonchev–Trinajstić information content (AvgIpc) is 3.07. The van der Waals surface area contributed by atoms with E-state index < -0.39 is 4.92 Å². The van der Waals surface area contributed by atoms with E-state index in [1.807, 2.05) is 0 Å². The molecule has 0 saturated heterocycles. The number of nitrogen functional groups attached to an aromatic ring is 1. The highest BCUT2D eigenvalue weighted by molar-refractivity contribution is 7.15. The SMILES string of the molecule is Nc1nc(NC2CCCc3sc(-c4ccc(F)cc4)nc32)ncc1[N+](=O)[O-]. The average molecular weight is 386 g/mol. The third-order valence-corrected chi connectivity index (χ3v) is 5.52. The van der Waals surface area contributed by atoms with E-state index in [0.29, 0.717) is 0 Å². The second-order valence-electron chi connectivity index (χ2n) is 6.14. The van der Waals surface area contributed by atoms with E-state index in [9.17, 15) is 14.5 Å². The van der Waals surface area contributed by atoms with Crippen molar-refractivity contribution in [2.24, 2.45) is 0 Å². The Morgan fingerprint density at radius 3 is 2.78 bits per heavy atom. The van der Waals surface area contributed by atoms with Gasteiger partial charge >= 0.3 is 5.69 Å². The lowest BCUT2D eigenvalue weighted by Crippen LogP contribution is -2.18. The zero-order chi connectivity index (χ0) is 19.0. The lowest BCUT2D eigenvalue weighted by Gasteiger charge is -2.22. The first-order valence-corrected chi connectivity index (χ1v) is 9.12.